The molecule has 1 aliphatic carbocycles. The largest absolute Gasteiger partial charge is 0.416 e. The zero-order valence-electron chi connectivity index (χ0n) is 11.9. The fourth-order valence-electron chi connectivity index (χ4n) is 2.10. The second-order valence-corrected chi connectivity index (χ2v) is 6.35. The molecule has 0 atom stereocenters. The minimum Gasteiger partial charge on any atom is -0.349 e. The number of nitrogens with one attached hydrogen (secondary N) is 2. The predicted molar refractivity (Wildman–Crippen MR) is 80.7 cm³/mol. The molecule has 0 unspecified atom stereocenters. The van der Waals surface area contributed by atoms with Crippen molar-refractivity contribution in [3.8, 4) is 0 Å². The van der Waals surface area contributed by atoms with Gasteiger partial charge in [0.1, 0.15) is 5.57 Å². The molecule has 1 saturated carbocycles. The van der Waals surface area contributed by atoms with Gasteiger partial charge in [-0.15, -0.1) is 0 Å². The monoisotopic (exact) mass is 342 g/mol. The van der Waals surface area contributed by atoms with E-state index in [2.05, 4.69) is 10.6 Å². The number of anilines is 1. The molecule has 2 aliphatic rings. The molecule has 0 saturated heterocycles. The highest BCUT2D eigenvalue weighted by atomic mass is 32.2. The van der Waals surface area contributed by atoms with Crippen molar-refractivity contribution in [2.24, 2.45) is 0 Å². The molecule has 0 bridgehead atoms. The van der Waals surface area contributed by atoms with Crippen molar-refractivity contribution in [1.29, 1.82) is 0 Å². The van der Waals surface area contributed by atoms with E-state index in [0.717, 1.165) is 25.0 Å². The van der Waals surface area contributed by atoms with E-state index in [9.17, 15) is 22.8 Å². The van der Waals surface area contributed by atoms with Crippen molar-refractivity contribution in [3.63, 3.8) is 0 Å². The number of benzene rings is 1. The second-order valence-electron chi connectivity index (χ2n) is 5.36. The van der Waals surface area contributed by atoms with Gasteiger partial charge in [-0.1, -0.05) is 11.8 Å². The first-order valence-corrected chi connectivity index (χ1v) is 7.98. The molecule has 122 valence electrons. The van der Waals surface area contributed by atoms with Crippen LogP contribution < -0.4 is 10.6 Å². The van der Waals surface area contributed by atoms with Crippen molar-refractivity contribution in [2.75, 3.05) is 11.1 Å². The van der Waals surface area contributed by atoms with Gasteiger partial charge in [-0.3, -0.25) is 9.59 Å². The Labute approximate surface area is 134 Å². The summed E-state index contributed by atoms with van der Waals surface area (Å²) in [5.41, 5.74) is -0.299. The first-order valence-electron chi connectivity index (χ1n) is 7.00. The number of carbonyl (C=O) groups is 2. The van der Waals surface area contributed by atoms with Crippen LogP contribution in [0.5, 0.6) is 0 Å². The quantitative estimate of drug-likeness (QED) is 0.826. The predicted octanol–water partition coefficient (Wildman–Crippen LogP) is 2.92. The molecule has 0 radical (unpaired) electrons. The van der Waals surface area contributed by atoms with Gasteiger partial charge in [-0.25, -0.2) is 0 Å². The third kappa shape index (κ3) is 3.69. The molecule has 0 spiro atoms. The highest BCUT2D eigenvalue weighted by Gasteiger charge is 2.33. The van der Waals surface area contributed by atoms with Crippen LogP contribution in [-0.2, 0) is 15.8 Å². The molecule has 1 fully saturated rings. The van der Waals surface area contributed by atoms with E-state index in [4.69, 9.17) is 0 Å². The molecule has 0 aromatic heterocycles. The molecule has 23 heavy (non-hydrogen) atoms. The second kappa shape index (κ2) is 5.92. The lowest BCUT2D eigenvalue weighted by Gasteiger charge is -2.11. The van der Waals surface area contributed by atoms with Crippen LogP contribution in [-0.4, -0.2) is 23.5 Å². The van der Waals surface area contributed by atoms with E-state index in [-0.39, 0.29) is 23.2 Å². The van der Waals surface area contributed by atoms with Gasteiger partial charge < -0.3 is 10.6 Å². The maximum absolute atomic E-state index is 12.5. The van der Waals surface area contributed by atoms with Crippen molar-refractivity contribution < 1.29 is 22.8 Å². The number of hydrogen-bond donors (Lipinski definition) is 2. The number of ketones is 1. The van der Waals surface area contributed by atoms with Crippen LogP contribution in [0, 0.1) is 0 Å². The van der Waals surface area contributed by atoms with Gasteiger partial charge >= 0.3 is 6.18 Å². The van der Waals surface area contributed by atoms with Crippen molar-refractivity contribution in [3.05, 3.63) is 40.4 Å². The average molecular weight is 342 g/mol. The topological polar surface area (TPSA) is 58.2 Å². The van der Waals surface area contributed by atoms with Crippen LogP contribution in [0.15, 0.2) is 34.9 Å². The number of alkyl halides is 3. The Balaban J connectivity index is 1.77. The lowest BCUT2D eigenvalue weighted by atomic mass is 10.1. The number of halogens is 3. The minimum absolute atomic E-state index is 0.0572. The van der Waals surface area contributed by atoms with E-state index < -0.39 is 17.6 Å². The van der Waals surface area contributed by atoms with Crippen LogP contribution in [0.3, 0.4) is 0 Å². The van der Waals surface area contributed by atoms with E-state index in [1.165, 1.54) is 23.9 Å². The Bertz CT molecular complexity index is 679. The Kier molecular flexibility index (Phi) is 4.09. The van der Waals surface area contributed by atoms with Crippen LogP contribution in [0.4, 0.5) is 18.9 Å². The highest BCUT2D eigenvalue weighted by Crippen LogP contribution is 2.33. The average Bonchev–Trinajstić information content (AvgIpc) is 3.21. The van der Waals surface area contributed by atoms with Gasteiger partial charge in [0.2, 0.25) is 0 Å². The summed E-state index contributed by atoms with van der Waals surface area (Å²) in [6.45, 7) is 0. The van der Waals surface area contributed by atoms with Gasteiger partial charge in [-0.2, -0.15) is 13.2 Å². The Morgan fingerprint density at radius 3 is 2.39 bits per heavy atom. The van der Waals surface area contributed by atoms with Crippen molar-refractivity contribution in [1.82, 2.24) is 5.32 Å². The first kappa shape index (κ1) is 15.9. The number of rotatable bonds is 4. The van der Waals surface area contributed by atoms with Crippen LogP contribution in [0.2, 0.25) is 0 Å². The summed E-state index contributed by atoms with van der Waals surface area (Å²) < 4.78 is 37.6. The summed E-state index contributed by atoms with van der Waals surface area (Å²) in [4.78, 5) is 24.0. The van der Waals surface area contributed by atoms with Gasteiger partial charge in [0, 0.05) is 11.7 Å². The van der Waals surface area contributed by atoms with Crippen molar-refractivity contribution in [2.45, 2.75) is 25.1 Å². The molecule has 4 nitrogen and oxygen atoms in total. The van der Waals surface area contributed by atoms with Crippen LogP contribution >= 0.6 is 11.8 Å². The fourth-order valence-corrected chi connectivity index (χ4v) is 3.06. The van der Waals surface area contributed by atoms with E-state index in [1.807, 2.05) is 0 Å². The summed E-state index contributed by atoms with van der Waals surface area (Å²) >= 11 is 1.17. The molecule has 1 aliphatic heterocycles. The van der Waals surface area contributed by atoms with Gasteiger partial charge in [0.05, 0.1) is 16.3 Å². The maximum Gasteiger partial charge on any atom is 0.416 e. The molecule has 1 heterocycles. The maximum atomic E-state index is 12.5. The Morgan fingerprint density at radius 1 is 1.17 bits per heavy atom. The third-order valence-electron chi connectivity index (χ3n) is 3.46. The molecular weight excluding hydrogens is 329 g/mol. The summed E-state index contributed by atoms with van der Waals surface area (Å²) in [6.07, 6.45) is -2.59. The van der Waals surface area contributed by atoms with Crippen LogP contribution in [0.25, 0.3) is 0 Å². The minimum atomic E-state index is -4.40. The highest BCUT2D eigenvalue weighted by molar-refractivity contribution is 8.04. The van der Waals surface area contributed by atoms with Gasteiger partial charge in [0.25, 0.3) is 5.91 Å². The molecule has 2 N–H and O–H groups in total. The van der Waals surface area contributed by atoms with Crippen molar-refractivity contribution >= 4 is 29.1 Å². The molecule has 1 aromatic carbocycles. The lowest BCUT2D eigenvalue weighted by Crippen LogP contribution is -2.30. The Hall–Kier alpha value is -1.96. The zero-order chi connectivity index (χ0) is 16.6. The molecule has 3 rings (SSSR count). The number of amides is 1. The SMILES string of the molecule is O=C1CSC(Nc2ccc(C(F)(F)F)cc2)=C1C(=O)NC1CC1. The van der Waals surface area contributed by atoms with E-state index in [0.29, 0.717) is 10.7 Å². The fraction of sp³-hybridized carbons (Fsp3) is 0.333. The Morgan fingerprint density at radius 2 is 1.83 bits per heavy atom. The summed E-state index contributed by atoms with van der Waals surface area (Å²) in [5, 5.41) is 6.00. The standard InChI is InChI=1S/C15H13F3N2O2S/c16-15(17,18)8-1-3-10(4-2-8)20-14-12(11(21)7-23-14)13(22)19-9-5-6-9/h1-4,9,20H,5-7H2,(H,19,22). The molecule has 1 aromatic rings. The number of Topliss-reactive ketones (excluding diaryl/α,β-unsaturated/α-hetero) is 1. The lowest BCUT2D eigenvalue weighted by molar-refractivity contribution is -0.137. The normalized spacial score (nSPS) is 18.3. The number of hydrogen-bond acceptors (Lipinski definition) is 4. The van der Waals surface area contributed by atoms with Gasteiger partial charge in [0.15, 0.2) is 5.78 Å². The number of carbonyl (C=O) groups excluding carboxylic acids is 2. The van der Waals surface area contributed by atoms with Gasteiger partial charge in [-0.05, 0) is 37.1 Å². The van der Waals surface area contributed by atoms with E-state index in [1.54, 1.807) is 0 Å². The summed E-state index contributed by atoms with van der Waals surface area (Å²) in [5.74, 6) is -0.546. The first-order chi connectivity index (χ1) is 10.8. The van der Waals surface area contributed by atoms with Crippen LogP contribution in [0.1, 0.15) is 18.4 Å². The smallest absolute Gasteiger partial charge is 0.349 e. The molecular formula is C15H13F3N2O2S. The molecule has 8 heteroatoms. The zero-order valence-corrected chi connectivity index (χ0v) is 12.7. The summed E-state index contributed by atoms with van der Waals surface area (Å²) in [7, 11) is 0. The molecule has 1 amide bonds. The summed E-state index contributed by atoms with van der Waals surface area (Å²) in [6, 6.07) is 4.58. The number of thioether (sulfide) groups is 1. The van der Waals surface area contributed by atoms with E-state index >= 15 is 0 Å². The third-order valence-corrected chi connectivity index (χ3v) is 4.46.